The van der Waals surface area contributed by atoms with Gasteiger partial charge in [0.15, 0.2) is 0 Å². The zero-order valence-electron chi connectivity index (χ0n) is 15.9. The van der Waals surface area contributed by atoms with Crippen molar-refractivity contribution in [2.75, 3.05) is 11.9 Å². The lowest BCUT2D eigenvalue weighted by Gasteiger charge is -2.44. The van der Waals surface area contributed by atoms with E-state index in [9.17, 15) is 9.59 Å². The maximum atomic E-state index is 13.1. The summed E-state index contributed by atoms with van der Waals surface area (Å²) in [7, 11) is 1.84. The van der Waals surface area contributed by atoms with Crippen molar-refractivity contribution >= 4 is 17.5 Å². The van der Waals surface area contributed by atoms with Crippen molar-refractivity contribution < 1.29 is 9.59 Å². The number of aromatic nitrogens is 1. The number of nitrogens with one attached hydrogen (secondary N) is 1. The van der Waals surface area contributed by atoms with Gasteiger partial charge >= 0.3 is 0 Å². The number of rotatable bonds is 3. The first-order chi connectivity index (χ1) is 13.1. The lowest BCUT2D eigenvalue weighted by Crippen LogP contribution is -2.49. The van der Waals surface area contributed by atoms with Gasteiger partial charge in [-0.15, -0.1) is 0 Å². The van der Waals surface area contributed by atoms with E-state index in [0.717, 1.165) is 19.4 Å². The molecule has 2 aromatic rings. The molecule has 142 valence electrons. The van der Waals surface area contributed by atoms with E-state index in [4.69, 9.17) is 0 Å². The first-order valence-electron chi connectivity index (χ1n) is 9.97. The molecule has 5 nitrogen and oxygen atoms in total. The van der Waals surface area contributed by atoms with Crippen LogP contribution in [0.3, 0.4) is 0 Å². The largest absolute Gasteiger partial charge is 0.347 e. The first kappa shape index (κ1) is 17.8. The molecule has 0 bridgehead atoms. The van der Waals surface area contributed by atoms with Crippen LogP contribution in [-0.2, 0) is 7.05 Å². The molecule has 2 aliphatic rings. The molecule has 2 fully saturated rings. The van der Waals surface area contributed by atoms with E-state index in [2.05, 4.69) is 10.2 Å². The van der Waals surface area contributed by atoms with Gasteiger partial charge < -0.3 is 14.8 Å². The third-order valence-corrected chi connectivity index (χ3v) is 6.07. The maximum Gasteiger partial charge on any atom is 0.272 e. The molecule has 27 heavy (non-hydrogen) atoms. The summed E-state index contributed by atoms with van der Waals surface area (Å²) in [6.45, 7) is 0.867. The Morgan fingerprint density at radius 2 is 1.74 bits per heavy atom. The number of hydrogen-bond donors (Lipinski definition) is 1. The lowest BCUT2D eigenvalue weighted by molar-refractivity contribution is 0.0390. The Labute approximate surface area is 160 Å². The van der Waals surface area contributed by atoms with E-state index in [1.165, 1.54) is 25.7 Å². The number of carbonyl (C=O) groups is 2. The van der Waals surface area contributed by atoms with E-state index in [-0.39, 0.29) is 11.8 Å². The van der Waals surface area contributed by atoms with Crippen molar-refractivity contribution in [3.8, 4) is 0 Å². The van der Waals surface area contributed by atoms with Gasteiger partial charge in [0.25, 0.3) is 11.8 Å². The molecule has 1 aromatic carbocycles. The predicted octanol–water partition coefficient (Wildman–Crippen LogP) is 4.07. The molecule has 0 unspecified atom stereocenters. The molecule has 1 aromatic heterocycles. The summed E-state index contributed by atoms with van der Waals surface area (Å²) in [6, 6.07) is 11.3. The molecule has 5 heteroatoms. The summed E-state index contributed by atoms with van der Waals surface area (Å²) in [5.41, 5.74) is 2.01. The number of fused-ring (bicyclic) bond motifs is 1. The molecule has 2 atom stereocenters. The minimum absolute atomic E-state index is 0.131. The second-order valence-electron chi connectivity index (χ2n) is 7.79. The van der Waals surface area contributed by atoms with Crippen molar-refractivity contribution in [1.82, 2.24) is 9.47 Å². The van der Waals surface area contributed by atoms with Gasteiger partial charge in [-0.25, -0.2) is 0 Å². The fourth-order valence-electron chi connectivity index (χ4n) is 4.63. The highest BCUT2D eigenvalue weighted by atomic mass is 16.2. The van der Waals surface area contributed by atoms with Gasteiger partial charge in [0, 0.05) is 37.1 Å². The van der Waals surface area contributed by atoms with Crippen LogP contribution in [0.2, 0.25) is 0 Å². The van der Waals surface area contributed by atoms with E-state index in [1.807, 2.05) is 43.6 Å². The van der Waals surface area contributed by atoms with Crippen LogP contribution in [0.25, 0.3) is 0 Å². The Hall–Kier alpha value is -2.56. The van der Waals surface area contributed by atoms with Crippen LogP contribution in [-0.4, -0.2) is 33.9 Å². The van der Waals surface area contributed by atoms with E-state index in [0.29, 0.717) is 28.9 Å². The average molecular weight is 365 g/mol. The summed E-state index contributed by atoms with van der Waals surface area (Å²) < 4.78 is 1.78. The van der Waals surface area contributed by atoms with Gasteiger partial charge in [-0.2, -0.15) is 0 Å². The van der Waals surface area contributed by atoms with Crippen LogP contribution in [0.15, 0.2) is 42.6 Å². The number of aryl methyl sites for hydroxylation is 1. The summed E-state index contributed by atoms with van der Waals surface area (Å²) in [4.78, 5) is 27.5. The number of hydrogen-bond acceptors (Lipinski definition) is 2. The van der Waals surface area contributed by atoms with Gasteiger partial charge in [-0.3, -0.25) is 9.59 Å². The van der Waals surface area contributed by atoms with Crippen LogP contribution in [0.4, 0.5) is 5.69 Å². The van der Waals surface area contributed by atoms with Gasteiger partial charge in [-0.05, 0) is 68.0 Å². The molecule has 2 amide bonds. The zero-order valence-corrected chi connectivity index (χ0v) is 15.9. The van der Waals surface area contributed by atoms with Gasteiger partial charge in [0.1, 0.15) is 5.69 Å². The molecule has 2 heterocycles. The third kappa shape index (κ3) is 3.64. The molecular weight excluding hydrogens is 338 g/mol. The van der Waals surface area contributed by atoms with Crippen molar-refractivity contribution in [2.24, 2.45) is 13.0 Å². The third-order valence-electron chi connectivity index (χ3n) is 6.07. The number of carbonyl (C=O) groups excluding carboxylic acids is 2. The molecular formula is C22H27N3O2. The monoisotopic (exact) mass is 365 g/mol. The van der Waals surface area contributed by atoms with Crippen molar-refractivity contribution in [3.63, 3.8) is 0 Å². The van der Waals surface area contributed by atoms with Crippen LogP contribution >= 0.6 is 0 Å². The minimum atomic E-state index is -0.150. The number of nitrogens with zero attached hydrogens (tertiary/aromatic N) is 2. The Kier molecular flexibility index (Phi) is 5.01. The predicted molar refractivity (Wildman–Crippen MR) is 106 cm³/mol. The molecule has 1 N–H and O–H groups in total. The second kappa shape index (κ2) is 7.59. The van der Waals surface area contributed by atoms with Crippen molar-refractivity contribution in [1.29, 1.82) is 0 Å². The topological polar surface area (TPSA) is 54.3 Å². The first-order valence-corrected chi connectivity index (χ1v) is 9.97. The van der Waals surface area contributed by atoms with Gasteiger partial charge in [0.05, 0.1) is 0 Å². The number of piperidine rings is 1. The molecule has 1 aliphatic carbocycles. The van der Waals surface area contributed by atoms with Gasteiger partial charge in [-0.1, -0.05) is 12.8 Å². The fraction of sp³-hybridized carbons (Fsp3) is 0.455. The molecule has 0 spiro atoms. The summed E-state index contributed by atoms with van der Waals surface area (Å²) in [6.07, 6.45) is 9.15. The van der Waals surface area contributed by atoms with E-state index in [1.54, 1.807) is 10.6 Å². The average Bonchev–Trinajstić information content (AvgIpc) is 3.13. The standard InChI is InChI=1S/C22H27N3O2/c1-24-14-5-9-20(24)21(26)23-18-12-10-17(11-13-18)22(27)25-15-4-7-16-6-2-3-8-19(16)25/h5,9-14,16,19H,2-4,6-8,15H2,1H3,(H,23,26)/t16-,19+/m1/s1. The van der Waals surface area contributed by atoms with Gasteiger partial charge in [0.2, 0.25) is 0 Å². The SMILES string of the molecule is Cn1cccc1C(=O)Nc1ccc(C(=O)N2CCC[C@H]3CCCC[C@@H]32)cc1. The number of likely N-dealkylation sites (tertiary alicyclic amines) is 1. The zero-order chi connectivity index (χ0) is 18.8. The van der Waals surface area contributed by atoms with E-state index < -0.39 is 0 Å². The van der Waals surface area contributed by atoms with E-state index >= 15 is 0 Å². The molecule has 4 rings (SSSR count). The Bertz CT molecular complexity index is 822. The minimum Gasteiger partial charge on any atom is -0.347 e. The number of anilines is 1. The van der Waals surface area contributed by atoms with Crippen molar-refractivity contribution in [2.45, 2.75) is 44.6 Å². The number of benzene rings is 1. The lowest BCUT2D eigenvalue weighted by atomic mass is 9.78. The molecule has 1 saturated heterocycles. The highest BCUT2D eigenvalue weighted by molar-refractivity contribution is 6.03. The normalized spacial score (nSPS) is 22.2. The molecule has 1 saturated carbocycles. The highest BCUT2D eigenvalue weighted by Gasteiger charge is 2.35. The quantitative estimate of drug-likeness (QED) is 0.891. The fourth-order valence-corrected chi connectivity index (χ4v) is 4.63. The Balaban J connectivity index is 1.44. The van der Waals surface area contributed by atoms with Crippen LogP contribution in [0.5, 0.6) is 0 Å². The van der Waals surface area contributed by atoms with Crippen molar-refractivity contribution in [3.05, 3.63) is 53.9 Å². The smallest absolute Gasteiger partial charge is 0.272 e. The maximum absolute atomic E-state index is 13.1. The van der Waals surface area contributed by atoms with Crippen LogP contribution < -0.4 is 5.32 Å². The Morgan fingerprint density at radius 3 is 2.48 bits per heavy atom. The molecule has 1 aliphatic heterocycles. The highest BCUT2D eigenvalue weighted by Crippen LogP contribution is 2.36. The summed E-state index contributed by atoms with van der Waals surface area (Å²) >= 11 is 0. The van der Waals surface area contributed by atoms with Crippen LogP contribution in [0.1, 0.15) is 59.4 Å². The second-order valence-corrected chi connectivity index (χ2v) is 7.79. The summed E-state index contributed by atoms with van der Waals surface area (Å²) in [5, 5.41) is 2.89. The Morgan fingerprint density at radius 1 is 1.00 bits per heavy atom. The summed E-state index contributed by atoms with van der Waals surface area (Å²) in [5.74, 6) is 0.662. The number of amides is 2. The molecule has 0 radical (unpaired) electrons. The van der Waals surface area contributed by atoms with Crippen LogP contribution in [0, 0.1) is 5.92 Å².